The third-order valence-electron chi connectivity index (χ3n) is 4.59. The van der Waals surface area contributed by atoms with Gasteiger partial charge in [-0.3, -0.25) is 9.59 Å². The predicted molar refractivity (Wildman–Crippen MR) is 103 cm³/mol. The lowest BCUT2D eigenvalue weighted by Gasteiger charge is -2.13. The van der Waals surface area contributed by atoms with Gasteiger partial charge in [0, 0.05) is 17.2 Å². The van der Waals surface area contributed by atoms with E-state index in [-0.39, 0.29) is 30.9 Å². The molecule has 28 heavy (non-hydrogen) atoms. The van der Waals surface area contributed by atoms with Gasteiger partial charge in [0.1, 0.15) is 5.75 Å². The fourth-order valence-corrected chi connectivity index (χ4v) is 2.80. The number of hydrogen-bond donors (Lipinski definition) is 1. The fourth-order valence-electron chi connectivity index (χ4n) is 2.80. The second kappa shape index (κ2) is 9.17. The molecule has 1 amide bonds. The van der Waals surface area contributed by atoms with Crippen molar-refractivity contribution < 1.29 is 23.9 Å². The quantitative estimate of drug-likeness (QED) is 0.534. The van der Waals surface area contributed by atoms with Crippen molar-refractivity contribution in [2.45, 2.75) is 25.8 Å². The summed E-state index contributed by atoms with van der Waals surface area (Å²) in [6.45, 7) is 1.33. The Morgan fingerprint density at radius 1 is 0.964 bits per heavy atom. The maximum atomic E-state index is 12.3. The van der Waals surface area contributed by atoms with E-state index in [0.29, 0.717) is 22.8 Å². The number of hydrogen-bond acceptors (Lipinski definition) is 5. The maximum absolute atomic E-state index is 12.3. The summed E-state index contributed by atoms with van der Waals surface area (Å²) in [7, 11) is 0. The lowest BCUT2D eigenvalue weighted by atomic mass is 10.0. The topological polar surface area (TPSA) is 81.7 Å². The number of esters is 1. The zero-order chi connectivity index (χ0) is 19.9. The Morgan fingerprint density at radius 3 is 2.25 bits per heavy atom. The second-order valence-electron chi connectivity index (χ2n) is 6.86. The van der Waals surface area contributed by atoms with Crippen LogP contribution in [0.25, 0.3) is 0 Å². The number of ether oxygens (including phenoxy) is 2. The summed E-state index contributed by atoms with van der Waals surface area (Å²) >= 11 is 0. The third-order valence-corrected chi connectivity index (χ3v) is 4.59. The molecule has 1 fully saturated rings. The minimum absolute atomic E-state index is 0.0852. The number of rotatable bonds is 9. The van der Waals surface area contributed by atoms with E-state index in [2.05, 4.69) is 5.32 Å². The van der Waals surface area contributed by atoms with Gasteiger partial charge in [-0.1, -0.05) is 30.3 Å². The first kappa shape index (κ1) is 19.6. The minimum atomic E-state index is -0.626. The Kier molecular flexibility index (Phi) is 6.42. The summed E-state index contributed by atoms with van der Waals surface area (Å²) in [5, 5.41) is 2.81. The molecular weight excluding hydrogens is 358 g/mol. The van der Waals surface area contributed by atoms with Crippen molar-refractivity contribution in [3.63, 3.8) is 0 Å². The van der Waals surface area contributed by atoms with Gasteiger partial charge >= 0.3 is 5.97 Å². The van der Waals surface area contributed by atoms with Crippen LogP contribution in [-0.2, 0) is 14.3 Å². The van der Waals surface area contributed by atoms with E-state index >= 15 is 0 Å². The van der Waals surface area contributed by atoms with Crippen LogP contribution in [0.1, 0.15) is 35.7 Å². The lowest BCUT2D eigenvalue weighted by molar-refractivity contribution is -0.150. The van der Waals surface area contributed by atoms with Gasteiger partial charge in [-0.05, 0) is 49.9 Å². The normalized spacial score (nSPS) is 14.0. The molecule has 146 valence electrons. The standard InChI is InChI=1S/C22H23NO5/c1-15(16-7-8-16)23-20(24)13-28-21(25)14-27-19-11-9-18(10-12-19)22(26)17-5-3-2-4-6-17/h2-6,9-12,15-16H,7-8,13-14H2,1H3,(H,23,24)/t15-/m1/s1. The highest BCUT2D eigenvalue weighted by atomic mass is 16.6. The molecule has 2 aromatic carbocycles. The molecule has 0 aromatic heterocycles. The van der Waals surface area contributed by atoms with E-state index in [1.807, 2.05) is 25.1 Å². The molecule has 1 aliphatic carbocycles. The summed E-state index contributed by atoms with van der Waals surface area (Å²) in [5.74, 6) is -0.0405. The monoisotopic (exact) mass is 381 g/mol. The molecule has 0 aliphatic heterocycles. The molecule has 0 saturated heterocycles. The highest BCUT2D eigenvalue weighted by molar-refractivity contribution is 6.08. The van der Waals surface area contributed by atoms with Gasteiger partial charge in [-0.25, -0.2) is 4.79 Å². The molecule has 0 radical (unpaired) electrons. The van der Waals surface area contributed by atoms with Gasteiger partial charge in [0.15, 0.2) is 19.0 Å². The third kappa shape index (κ3) is 5.67. The summed E-state index contributed by atoms with van der Waals surface area (Å²) < 4.78 is 10.3. The van der Waals surface area contributed by atoms with Gasteiger partial charge in [-0.2, -0.15) is 0 Å². The molecule has 6 nitrogen and oxygen atoms in total. The van der Waals surface area contributed by atoms with Gasteiger partial charge in [0.05, 0.1) is 0 Å². The van der Waals surface area contributed by atoms with E-state index in [1.54, 1.807) is 36.4 Å². The van der Waals surface area contributed by atoms with Crippen LogP contribution >= 0.6 is 0 Å². The maximum Gasteiger partial charge on any atom is 0.344 e. The Bertz CT molecular complexity index is 828. The molecule has 0 bridgehead atoms. The number of amides is 1. The Morgan fingerprint density at radius 2 is 1.61 bits per heavy atom. The molecule has 0 spiro atoms. The van der Waals surface area contributed by atoms with Crippen LogP contribution in [0.4, 0.5) is 0 Å². The molecule has 3 rings (SSSR count). The van der Waals surface area contributed by atoms with Crippen LogP contribution in [0.2, 0.25) is 0 Å². The Labute approximate surface area is 163 Å². The number of carbonyl (C=O) groups is 3. The average Bonchev–Trinajstić information content (AvgIpc) is 3.57. The number of nitrogens with one attached hydrogen (secondary N) is 1. The number of carbonyl (C=O) groups excluding carboxylic acids is 3. The van der Waals surface area contributed by atoms with E-state index in [9.17, 15) is 14.4 Å². The van der Waals surface area contributed by atoms with E-state index in [1.165, 1.54) is 0 Å². The van der Waals surface area contributed by atoms with Crippen molar-refractivity contribution in [1.82, 2.24) is 5.32 Å². The summed E-state index contributed by atoms with van der Waals surface area (Å²) in [4.78, 5) is 35.8. The zero-order valence-electron chi connectivity index (χ0n) is 15.7. The highest BCUT2D eigenvalue weighted by Crippen LogP contribution is 2.32. The molecule has 2 aromatic rings. The molecule has 1 N–H and O–H groups in total. The Hall–Kier alpha value is -3.15. The van der Waals surface area contributed by atoms with Gasteiger partial charge in [-0.15, -0.1) is 0 Å². The van der Waals surface area contributed by atoms with E-state index in [4.69, 9.17) is 9.47 Å². The van der Waals surface area contributed by atoms with Crippen LogP contribution in [0, 0.1) is 5.92 Å². The van der Waals surface area contributed by atoms with Crippen LogP contribution < -0.4 is 10.1 Å². The first-order valence-electron chi connectivity index (χ1n) is 9.30. The lowest BCUT2D eigenvalue weighted by Crippen LogP contribution is -2.37. The fraction of sp³-hybridized carbons (Fsp3) is 0.318. The van der Waals surface area contributed by atoms with Crippen LogP contribution in [0.15, 0.2) is 54.6 Å². The van der Waals surface area contributed by atoms with E-state index in [0.717, 1.165) is 12.8 Å². The molecule has 1 aliphatic rings. The van der Waals surface area contributed by atoms with Gasteiger partial charge < -0.3 is 14.8 Å². The van der Waals surface area contributed by atoms with Crippen LogP contribution in [0.3, 0.4) is 0 Å². The summed E-state index contributed by atoms with van der Waals surface area (Å²) in [5.41, 5.74) is 1.14. The summed E-state index contributed by atoms with van der Waals surface area (Å²) in [6.07, 6.45) is 2.26. The van der Waals surface area contributed by atoms with Crippen molar-refractivity contribution >= 4 is 17.7 Å². The van der Waals surface area contributed by atoms with Gasteiger partial charge in [0.25, 0.3) is 5.91 Å². The van der Waals surface area contributed by atoms with Crippen molar-refractivity contribution in [1.29, 1.82) is 0 Å². The van der Waals surface area contributed by atoms with Crippen LogP contribution in [-0.4, -0.2) is 36.9 Å². The van der Waals surface area contributed by atoms with Crippen molar-refractivity contribution in [3.05, 3.63) is 65.7 Å². The first-order chi connectivity index (χ1) is 13.5. The second-order valence-corrected chi connectivity index (χ2v) is 6.86. The zero-order valence-corrected chi connectivity index (χ0v) is 15.7. The highest BCUT2D eigenvalue weighted by Gasteiger charge is 2.28. The van der Waals surface area contributed by atoms with Gasteiger partial charge in [0.2, 0.25) is 0 Å². The van der Waals surface area contributed by atoms with Crippen molar-refractivity contribution in [2.24, 2.45) is 5.92 Å². The average molecular weight is 381 g/mol. The smallest absolute Gasteiger partial charge is 0.344 e. The molecular formula is C22H23NO5. The van der Waals surface area contributed by atoms with Crippen molar-refractivity contribution in [3.8, 4) is 5.75 Å². The van der Waals surface area contributed by atoms with Crippen LogP contribution in [0.5, 0.6) is 5.75 Å². The predicted octanol–water partition coefficient (Wildman–Crippen LogP) is 2.75. The largest absolute Gasteiger partial charge is 0.482 e. The molecule has 0 unspecified atom stereocenters. The van der Waals surface area contributed by atoms with E-state index < -0.39 is 5.97 Å². The molecule has 1 saturated carbocycles. The summed E-state index contributed by atoms with van der Waals surface area (Å²) in [6, 6.07) is 15.6. The Balaban J connectivity index is 1.41. The van der Waals surface area contributed by atoms with Crippen molar-refractivity contribution in [2.75, 3.05) is 13.2 Å². The molecule has 1 atom stereocenters. The molecule has 6 heteroatoms. The SMILES string of the molecule is C[C@@H](NC(=O)COC(=O)COc1ccc(C(=O)c2ccccc2)cc1)C1CC1. The minimum Gasteiger partial charge on any atom is -0.482 e. The molecule has 0 heterocycles. The number of benzene rings is 2. The number of ketones is 1. The first-order valence-corrected chi connectivity index (χ1v) is 9.30.